The largest absolute Gasteiger partial charge is 0.417 e. The first-order chi connectivity index (χ1) is 8.74. The number of hydrogen-bond acceptors (Lipinski definition) is 4. The third-order valence-corrected chi connectivity index (χ3v) is 3.62. The molecule has 0 bridgehead atoms. The third-order valence-electron chi connectivity index (χ3n) is 3.62. The Morgan fingerprint density at radius 1 is 1.33 bits per heavy atom. The highest BCUT2D eigenvalue weighted by atomic mass is 16.4. The molecule has 5 heteroatoms. The molecule has 5 nitrogen and oxygen atoms in total. The highest BCUT2D eigenvalue weighted by Crippen LogP contribution is 2.23. The molecule has 2 aromatic rings. The van der Waals surface area contributed by atoms with Crippen molar-refractivity contribution in [1.82, 2.24) is 15.2 Å². The van der Waals surface area contributed by atoms with Gasteiger partial charge in [-0.1, -0.05) is 6.07 Å². The standard InChI is InChI=1S/C13H17N3O2/c1-9(16-6-4-14-5-7-16)10-2-3-12-11(8-10)15-13(17)18-12/h2-3,8-9,14H,4-7H2,1H3,(H,15,17). The Bertz CT molecular complexity index is 596. The zero-order chi connectivity index (χ0) is 12.5. The van der Waals surface area contributed by atoms with Crippen LogP contribution in [0.25, 0.3) is 11.1 Å². The van der Waals surface area contributed by atoms with Gasteiger partial charge in [-0.3, -0.25) is 9.88 Å². The number of rotatable bonds is 2. The fourth-order valence-electron chi connectivity index (χ4n) is 2.51. The summed E-state index contributed by atoms with van der Waals surface area (Å²) in [6.07, 6.45) is 0. The van der Waals surface area contributed by atoms with Crippen LogP contribution < -0.4 is 11.1 Å². The molecule has 2 N–H and O–H groups in total. The molecule has 1 aliphatic heterocycles. The minimum absolute atomic E-state index is 0.356. The van der Waals surface area contributed by atoms with Crippen LogP contribution in [-0.2, 0) is 0 Å². The van der Waals surface area contributed by atoms with Crippen molar-refractivity contribution < 1.29 is 4.42 Å². The Hall–Kier alpha value is -1.59. The molecule has 1 aromatic heterocycles. The number of aromatic nitrogens is 1. The van der Waals surface area contributed by atoms with Gasteiger partial charge in [0.2, 0.25) is 0 Å². The molecule has 2 heterocycles. The summed E-state index contributed by atoms with van der Waals surface area (Å²) < 4.78 is 5.01. The van der Waals surface area contributed by atoms with Crippen LogP contribution in [-0.4, -0.2) is 36.1 Å². The van der Waals surface area contributed by atoms with Gasteiger partial charge in [0.05, 0.1) is 5.52 Å². The highest BCUT2D eigenvalue weighted by Gasteiger charge is 2.18. The molecule has 1 saturated heterocycles. The summed E-state index contributed by atoms with van der Waals surface area (Å²) in [6, 6.07) is 6.26. The minimum Gasteiger partial charge on any atom is -0.408 e. The molecule has 0 saturated carbocycles. The molecule has 0 spiro atoms. The normalized spacial score (nSPS) is 19.2. The average molecular weight is 247 g/mol. The number of nitrogens with zero attached hydrogens (tertiary/aromatic N) is 1. The van der Waals surface area contributed by atoms with Crippen molar-refractivity contribution >= 4 is 11.1 Å². The van der Waals surface area contributed by atoms with Crippen molar-refractivity contribution in [2.75, 3.05) is 26.2 Å². The zero-order valence-corrected chi connectivity index (χ0v) is 10.4. The number of nitrogens with one attached hydrogen (secondary N) is 2. The maximum atomic E-state index is 11.1. The van der Waals surface area contributed by atoms with Gasteiger partial charge in [0.1, 0.15) is 0 Å². The molecule has 1 fully saturated rings. The van der Waals surface area contributed by atoms with Crippen LogP contribution in [0.15, 0.2) is 27.4 Å². The zero-order valence-electron chi connectivity index (χ0n) is 10.4. The van der Waals surface area contributed by atoms with E-state index in [1.807, 2.05) is 18.2 Å². The topological polar surface area (TPSA) is 61.3 Å². The molecule has 18 heavy (non-hydrogen) atoms. The molecule has 1 unspecified atom stereocenters. The van der Waals surface area contributed by atoms with Crippen molar-refractivity contribution in [1.29, 1.82) is 0 Å². The second-order valence-electron chi connectivity index (χ2n) is 4.73. The fourth-order valence-corrected chi connectivity index (χ4v) is 2.51. The number of fused-ring (bicyclic) bond motifs is 1. The Kier molecular flexibility index (Phi) is 2.93. The van der Waals surface area contributed by atoms with Crippen molar-refractivity contribution in [3.05, 3.63) is 34.3 Å². The van der Waals surface area contributed by atoms with Crippen molar-refractivity contribution in [2.24, 2.45) is 0 Å². The Labute approximate surface area is 105 Å². The third kappa shape index (κ3) is 2.07. The number of piperazine rings is 1. The second-order valence-corrected chi connectivity index (χ2v) is 4.73. The molecule has 1 aromatic carbocycles. The first kappa shape index (κ1) is 11.5. The molecule has 0 radical (unpaired) electrons. The van der Waals surface area contributed by atoms with E-state index in [2.05, 4.69) is 22.1 Å². The quantitative estimate of drug-likeness (QED) is 0.834. The summed E-state index contributed by atoms with van der Waals surface area (Å²) in [5.41, 5.74) is 2.61. The van der Waals surface area contributed by atoms with E-state index in [0.29, 0.717) is 11.6 Å². The number of benzene rings is 1. The molecule has 96 valence electrons. The first-order valence-corrected chi connectivity index (χ1v) is 6.31. The van der Waals surface area contributed by atoms with Gasteiger partial charge in [0.15, 0.2) is 5.58 Å². The van der Waals surface area contributed by atoms with Gasteiger partial charge in [0, 0.05) is 32.2 Å². The van der Waals surface area contributed by atoms with E-state index in [-0.39, 0.29) is 0 Å². The molecule has 1 atom stereocenters. The van der Waals surface area contributed by atoms with Crippen LogP contribution in [0, 0.1) is 0 Å². The Balaban J connectivity index is 1.90. The van der Waals surface area contributed by atoms with Gasteiger partial charge in [0.25, 0.3) is 0 Å². The van der Waals surface area contributed by atoms with Gasteiger partial charge in [-0.25, -0.2) is 4.79 Å². The summed E-state index contributed by atoms with van der Waals surface area (Å²) in [5, 5.41) is 3.35. The van der Waals surface area contributed by atoms with Crippen LogP contribution in [0.2, 0.25) is 0 Å². The SMILES string of the molecule is CC(c1ccc2oc(=O)[nH]c2c1)N1CCNCC1. The summed E-state index contributed by atoms with van der Waals surface area (Å²) in [5.74, 6) is -0.392. The van der Waals surface area contributed by atoms with Gasteiger partial charge in [-0.15, -0.1) is 0 Å². The smallest absolute Gasteiger partial charge is 0.408 e. The fraction of sp³-hybridized carbons (Fsp3) is 0.462. The van der Waals surface area contributed by atoms with E-state index in [1.165, 1.54) is 5.56 Å². The van der Waals surface area contributed by atoms with Crippen LogP contribution in [0.4, 0.5) is 0 Å². The Morgan fingerprint density at radius 3 is 2.89 bits per heavy atom. The van der Waals surface area contributed by atoms with Gasteiger partial charge < -0.3 is 9.73 Å². The van der Waals surface area contributed by atoms with E-state index in [4.69, 9.17) is 4.42 Å². The Morgan fingerprint density at radius 2 is 2.11 bits per heavy atom. The van der Waals surface area contributed by atoms with Crippen LogP contribution in [0.5, 0.6) is 0 Å². The summed E-state index contributed by atoms with van der Waals surface area (Å²) in [7, 11) is 0. The van der Waals surface area contributed by atoms with Gasteiger partial charge >= 0.3 is 5.76 Å². The predicted molar refractivity (Wildman–Crippen MR) is 69.7 cm³/mol. The average Bonchev–Trinajstić information content (AvgIpc) is 2.78. The lowest BCUT2D eigenvalue weighted by atomic mass is 10.1. The summed E-state index contributed by atoms with van der Waals surface area (Å²) in [4.78, 5) is 16.3. The lowest BCUT2D eigenvalue weighted by Gasteiger charge is -2.33. The summed E-state index contributed by atoms with van der Waals surface area (Å²) in [6.45, 7) is 6.39. The number of H-pyrrole nitrogens is 1. The van der Waals surface area contributed by atoms with Gasteiger partial charge in [-0.05, 0) is 24.6 Å². The van der Waals surface area contributed by atoms with E-state index < -0.39 is 5.76 Å². The number of aromatic amines is 1. The van der Waals surface area contributed by atoms with E-state index in [1.54, 1.807) is 0 Å². The van der Waals surface area contributed by atoms with Crippen LogP contribution in [0.1, 0.15) is 18.5 Å². The molecule has 3 rings (SSSR count). The van der Waals surface area contributed by atoms with Crippen LogP contribution in [0.3, 0.4) is 0 Å². The number of hydrogen-bond donors (Lipinski definition) is 2. The summed E-state index contributed by atoms with van der Waals surface area (Å²) >= 11 is 0. The molecular formula is C13H17N3O2. The van der Waals surface area contributed by atoms with Crippen molar-refractivity contribution in [3.8, 4) is 0 Å². The first-order valence-electron chi connectivity index (χ1n) is 6.31. The molecule has 0 aliphatic carbocycles. The van der Waals surface area contributed by atoms with Crippen molar-refractivity contribution in [3.63, 3.8) is 0 Å². The maximum absolute atomic E-state index is 11.1. The number of oxazole rings is 1. The minimum atomic E-state index is -0.392. The highest BCUT2D eigenvalue weighted by molar-refractivity contribution is 5.72. The maximum Gasteiger partial charge on any atom is 0.417 e. The second kappa shape index (κ2) is 4.59. The predicted octanol–water partition coefficient (Wildman–Crippen LogP) is 1.09. The molecule has 1 aliphatic rings. The van der Waals surface area contributed by atoms with Gasteiger partial charge in [-0.2, -0.15) is 0 Å². The molecule has 0 amide bonds. The van der Waals surface area contributed by atoms with Crippen molar-refractivity contribution in [2.45, 2.75) is 13.0 Å². The van der Waals surface area contributed by atoms with Crippen LogP contribution >= 0.6 is 0 Å². The monoisotopic (exact) mass is 247 g/mol. The van der Waals surface area contributed by atoms with E-state index in [0.717, 1.165) is 31.7 Å². The van der Waals surface area contributed by atoms with E-state index in [9.17, 15) is 4.79 Å². The lowest BCUT2D eigenvalue weighted by molar-refractivity contribution is 0.185. The molecular weight excluding hydrogens is 230 g/mol. The lowest BCUT2D eigenvalue weighted by Crippen LogP contribution is -2.44. The van der Waals surface area contributed by atoms with E-state index >= 15 is 0 Å².